The van der Waals surface area contributed by atoms with E-state index in [1.807, 2.05) is 6.92 Å². The maximum atomic E-state index is 12.2. The smallest absolute Gasteiger partial charge is 0.329 e. The molecular weight excluding hydrogens is 234 g/mol. The predicted molar refractivity (Wildman–Crippen MR) is 67.3 cm³/mol. The summed E-state index contributed by atoms with van der Waals surface area (Å²) in [7, 11) is 1.58. The van der Waals surface area contributed by atoms with E-state index in [1.54, 1.807) is 14.0 Å². The molecule has 1 saturated carbocycles. The zero-order valence-corrected chi connectivity index (χ0v) is 11.4. The summed E-state index contributed by atoms with van der Waals surface area (Å²) in [5.74, 6) is -1.15. The highest BCUT2D eigenvalue weighted by Gasteiger charge is 2.46. The highest BCUT2D eigenvalue weighted by Crippen LogP contribution is 2.33. The summed E-state index contributed by atoms with van der Waals surface area (Å²) in [5, 5.41) is 9.49. The van der Waals surface area contributed by atoms with Crippen molar-refractivity contribution in [2.75, 3.05) is 13.7 Å². The zero-order chi connectivity index (χ0) is 13.8. The third-order valence-corrected chi connectivity index (χ3v) is 3.82. The topological polar surface area (TPSA) is 66.8 Å². The molecule has 1 aliphatic rings. The molecule has 18 heavy (non-hydrogen) atoms. The lowest BCUT2D eigenvalue weighted by atomic mass is 9.80. The fourth-order valence-electron chi connectivity index (χ4n) is 2.63. The Morgan fingerprint density at radius 2 is 1.89 bits per heavy atom. The molecule has 1 aliphatic carbocycles. The molecule has 0 aromatic carbocycles. The number of nitrogens with zero attached hydrogens (tertiary/aromatic N) is 1. The Labute approximate surface area is 108 Å². The van der Waals surface area contributed by atoms with Crippen LogP contribution in [-0.2, 0) is 14.3 Å². The minimum atomic E-state index is -1.04. The van der Waals surface area contributed by atoms with Crippen molar-refractivity contribution in [1.82, 2.24) is 4.90 Å². The van der Waals surface area contributed by atoms with E-state index >= 15 is 0 Å². The first-order valence-corrected chi connectivity index (χ1v) is 6.58. The number of likely N-dealkylation sites (N-methyl/N-ethyl adjacent to an activating group) is 1. The molecule has 1 unspecified atom stereocenters. The van der Waals surface area contributed by atoms with Gasteiger partial charge < -0.3 is 14.7 Å². The van der Waals surface area contributed by atoms with E-state index in [1.165, 1.54) is 4.90 Å². The minimum Gasteiger partial charge on any atom is -0.479 e. The number of carbonyl (C=O) groups is 2. The summed E-state index contributed by atoms with van der Waals surface area (Å²) in [4.78, 5) is 25.1. The van der Waals surface area contributed by atoms with Crippen LogP contribution in [0.5, 0.6) is 0 Å². The van der Waals surface area contributed by atoms with Gasteiger partial charge in [0.1, 0.15) is 11.6 Å². The van der Waals surface area contributed by atoms with Crippen LogP contribution in [0.3, 0.4) is 0 Å². The summed E-state index contributed by atoms with van der Waals surface area (Å²) < 4.78 is 5.26. The summed E-state index contributed by atoms with van der Waals surface area (Å²) >= 11 is 0. The summed E-state index contributed by atoms with van der Waals surface area (Å²) in [6.07, 6.45) is 3.23. The van der Waals surface area contributed by atoms with Gasteiger partial charge in [0.15, 0.2) is 0 Å². The van der Waals surface area contributed by atoms with Crippen LogP contribution in [0.25, 0.3) is 0 Å². The number of hydrogen-bond donors (Lipinski definition) is 1. The van der Waals surface area contributed by atoms with E-state index < -0.39 is 17.6 Å². The van der Waals surface area contributed by atoms with Crippen LogP contribution in [-0.4, -0.2) is 47.2 Å². The SMILES string of the molecule is CCOC(C)C(=O)N(C)C1(C(=O)O)CCCCC1. The number of carbonyl (C=O) groups excluding carboxylic acids is 1. The molecule has 104 valence electrons. The maximum absolute atomic E-state index is 12.2. The molecular formula is C13H23NO4. The number of ether oxygens (including phenoxy) is 1. The van der Waals surface area contributed by atoms with Crippen LogP contribution in [0, 0.1) is 0 Å². The molecule has 0 aromatic heterocycles. The Kier molecular flexibility index (Phi) is 5.14. The van der Waals surface area contributed by atoms with Gasteiger partial charge in [0.25, 0.3) is 5.91 Å². The molecule has 1 fully saturated rings. The van der Waals surface area contributed by atoms with Gasteiger partial charge in [0, 0.05) is 13.7 Å². The molecule has 0 radical (unpaired) electrons. The molecule has 5 heteroatoms. The molecule has 0 aromatic rings. The normalized spacial score (nSPS) is 20.2. The zero-order valence-electron chi connectivity index (χ0n) is 11.4. The van der Waals surface area contributed by atoms with E-state index in [2.05, 4.69) is 0 Å². The Bertz CT molecular complexity index is 310. The summed E-state index contributed by atoms with van der Waals surface area (Å²) in [5.41, 5.74) is -1.04. The van der Waals surface area contributed by atoms with E-state index in [4.69, 9.17) is 4.74 Å². The van der Waals surface area contributed by atoms with E-state index in [0.717, 1.165) is 19.3 Å². The standard InChI is InChI=1S/C13H23NO4/c1-4-18-10(2)11(15)14(3)13(12(16)17)8-6-5-7-9-13/h10H,4-9H2,1-3H3,(H,16,17). The number of carboxylic acid groups (broad SMARTS) is 1. The van der Waals surface area contributed by atoms with Crippen LogP contribution in [0.15, 0.2) is 0 Å². The van der Waals surface area contributed by atoms with Crippen molar-refractivity contribution >= 4 is 11.9 Å². The van der Waals surface area contributed by atoms with Crippen LogP contribution in [0.2, 0.25) is 0 Å². The number of aliphatic carboxylic acids is 1. The lowest BCUT2D eigenvalue weighted by Crippen LogP contribution is -2.58. The van der Waals surface area contributed by atoms with Gasteiger partial charge >= 0.3 is 5.97 Å². The van der Waals surface area contributed by atoms with Gasteiger partial charge in [-0.25, -0.2) is 4.79 Å². The predicted octanol–water partition coefficient (Wildman–Crippen LogP) is 1.66. The van der Waals surface area contributed by atoms with Crippen molar-refractivity contribution in [2.45, 2.75) is 57.6 Å². The first-order valence-electron chi connectivity index (χ1n) is 6.58. The van der Waals surface area contributed by atoms with E-state index in [-0.39, 0.29) is 5.91 Å². The highest BCUT2D eigenvalue weighted by molar-refractivity contribution is 5.88. The van der Waals surface area contributed by atoms with Gasteiger partial charge in [-0.3, -0.25) is 4.79 Å². The molecule has 1 rings (SSSR count). The largest absolute Gasteiger partial charge is 0.479 e. The Hall–Kier alpha value is -1.10. The minimum absolute atomic E-state index is 0.249. The lowest BCUT2D eigenvalue weighted by molar-refractivity contribution is -0.164. The van der Waals surface area contributed by atoms with E-state index in [0.29, 0.717) is 19.4 Å². The van der Waals surface area contributed by atoms with Gasteiger partial charge in [0.05, 0.1) is 0 Å². The van der Waals surface area contributed by atoms with Gasteiger partial charge in [-0.05, 0) is 26.7 Å². The fraction of sp³-hybridized carbons (Fsp3) is 0.846. The second-order valence-corrected chi connectivity index (χ2v) is 4.89. The average Bonchev–Trinajstić information content (AvgIpc) is 2.37. The van der Waals surface area contributed by atoms with Crippen molar-refractivity contribution in [3.8, 4) is 0 Å². The van der Waals surface area contributed by atoms with E-state index in [9.17, 15) is 14.7 Å². The van der Waals surface area contributed by atoms with Crippen molar-refractivity contribution in [3.63, 3.8) is 0 Å². The summed E-state index contributed by atoms with van der Waals surface area (Å²) in [6.45, 7) is 3.93. The molecule has 0 aliphatic heterocycles. The van der Waals surface area contributed by atoms with Crippen LogP contribution in [0.4, 0.5) is 0 Å². The van der Waals surface area contributed by atoms with Crippen LogP contribution < -0.4 is 0 Å². The second-order valence-electron chi connectivity index (χ2n) is 4.89. The molecule has 0 saturated heterocycles. The Morgan fingerprint density at radius 3 is 2.33 bits per heavy atom. The third-order valence-electron chi connectivity index (χ3n) is 3.82. The van der Waals surface area contributed by atoms with Gasteiger partial charge in [0.2, 0.25) is 0 Å². The van der Waals surface area contributed by atoms with Gasteiger partial charge in [-0.2, -0.15) is 0 Å². The molecule has 0 spiro atoms. The van der Waals surface area contributed by atoms with Crippen molar-refractivity contribution in [2.24, 2.45) is 0 Å². The first kappa shape index (κ1) is 15.0. The molecule has 1 atom stereocenters. The first-order chi connectivity index (χ1) is 8.45. The number of hydrogen-bond acceptors (Lipinski definition) is 3. The fourth-order valence-corrected chi connectivity index (χ4v) is 2.63. The summed E-state index contributed by atoms with van der Waals surface area (Å²) in [6, 6.07) is 0. The van der Waals surface area contributed by atoms with Crippen LogP contribution >= 0.6 is 0 Å². The number of carboxylic acids is 1. The van der Waals surface area contributed by atoms with Crippen molar-refractivity contribution < 1.29 is 19.4 Å². The number of amides is 1. The Morgan fingerprint density at radius 1 is 1.33 bits per heavy atom. The molecule has 5 nitrogen and oxygen atoms in total. The van der Waals surface area contributed by atoms with Gasteiger partial charge in [-0.1, -0.05) is 19.3 Å². The third kappa shape index (κ3) is 2.83. The molecule has 0 heterocycles. The second kappa shape index (κ2) is 6.18. The molecule has 1 N–H and O–H groups in total. The quantitative estimate of drug-likeness (QED) is 0.813. The molecule has 0 bridgehead atoms. The Balaban J connectivity index is 2.85. The highest BCUT2D eigenvalue weighted by atomic mass is 16.5. The lowest BCUT2D eigenvalue weighted by Gasteiger charge is -2.41. The monoisotopic (exact) mass is 257 g/mol. The number of rotatable bonds is 5. The van der Waals surface area contributed by atoms with Crippen LogP contribution in [0.1, 0.15) is 46.0 Å². The average molecular weight is 257 g/mol. The molecule has 1 amide bonds. The van der Waals surface area contributed by atoms with Crippen molar-refractivity contribution in [1.29, 1.82) is 0 Å². The van der Waals surface area contributed by atoms with Gasteiger partial charge in [-0.15, -0.1) is 0 Å². The van der Waals surface area contributed by atoms with Crippen molar-refractivity contribution in [3.05, 3.63) is 0 Å². The maximum Gasteiger partial charge on any atom is 0.329 e.